The lowest BCUT2D eigenvalue weighted by molar-refractivity contribution is -0.205. The first-order chi connectivity index (χ1) is 9.69. The molecule has 4 heteroatoms. The topological polar surface area (TPSA) is 36.9 Å². The maximum absolute atomic E-state index is 6.03. The molecule has 5 atom stereocenters. The van der Waals surface area contributed by atoms with Crippen LogP contribution < -0.4 is 0 Å². The van der Waals surface area contributed by atoms with Gasteiger partial charge in [0.25, 0.3) is 0 Å². The predicted molar refractivity (Wildman–Crippen MR) is 74.4 cm³/mol. The van der Waals surface area contributed by atoms with Gasteiger partial charge >= 0.3 is 0 Å². The minimum Gasteiger partial charge on any atom is -0.379 e. The van der Waals surface area contributed by atoms with Crippen molar-refractivity contribution < 1.29 is 18.9 Å². The van der Waals surface area contributed by atoms with Crippen molar-refractivity contribution >= 4 is 0 Å². The van der Waals surface area contributed by atoms with E-state index in [1.54, 1.807) is 7.11 Å². The minimum atomic E-state index is -0.259. The van der Waals surface area contributed by atoms with Crippen LogP contribution in [0.3, 0.4) is 0 Å². The summed E-state index contributed by atoms with van der Waals surface area (Å²) in [7, 11) is 1.72. The number of ether oxygens (including phenoxy) is 4. The summed E-state index contributed by atoms with van der Waals surface area (Å²) in [6.45, 7) is 4.70. The lowest BCUT2D eigenvalue weighted by Gasteiger charge is -2.33. The van der Waals surface area contributed by atoms with Crippen LogP contribution in [-0.2, 0) is 25.6 Å². The second-order valence-corrected chi connectivity index (χ2v) is 5.60. The van der Waals surface area contributed by atoms with Gasteiger partial charge < -0.3 is 18.9 Å². The first-order valence-electron chi connectivity index (χ1n) is 7.19. The predicted octanol–water partition coefficient (Wildman–Crippen LogP) is 2.43. The van der Waals surface area contributed by atoms with E-state index in [2.05, 4.69) is 19.1 Å². The molecule has 0 aliphatic carbocycles. The molecule has 3 rings (SSSR count). The minimum absolute atomic E-state index is 0.0308. The molecule has 0 radical (unpaired) electrons. The van der Waals surface area contributed by atoms with Gasteiger partial charge in [-0.3, -0.25) is 0 Å². The second-order valence-electron chi connectivity index (χ2n) is 5.60. The first-order valence-corrected chi connectivity index (χ1v) is 7.19. The third kappa shape index (κ3) is 2.61. The highest BCUT2D eigenvalue weighted by molar-refractivity contribution is 5.24. The zero-order valence-electron chi connectivity index (χ0n) is 12.2. The van der Waals surface area contributed by atoms with Gasteiger partial charge in [0.05, 0.1) is 18.8 Å². The molecule has 0 saturated carbocycles. The highest BCUT2D eigenvalue weighted by atomic mass is 16.8. The van der Waals surface area contributed by atoms with Crippen LogP contribution in [0.2, 0.25) is 0 Å². The number of hydrogen-bond acceptors (Lipinski definition) is 4. The summed E-state index contributed by atoms with van der Waals surface area (Å²) in [6.07, 6.45) is 0.638. The van der Waals surface area contributed by atoms with Gasteiger partial charge in [0, 0.05) is 13.5 Å². The number of rotatable bonds is 4. The molecule has 20 heavy (non-hydrogen) atoms. The normalized spacial score (nSPS) is 36.2. The SMILES string of the molecule is CO[C@@H]1C[C@H](OCc2ccccc2C)[C@@H]2O[C@H]1[C@@H](C)O2. The van der Waals surface area contributed by atoms with Crippen molar-refractivity contribution in [2.24, 2.45) is 0 Å². The van der Waals surface area contributed by atoms with Gasteiger partial charge in [-0.2, -0.15) is 0 Å². The highest BCUT2D eigenvalue weighted by Crippen LogP contribution is 2.35. The Bertz CT molecular complexity index is 462. The fraction of sp³-hybridized carbons (Fsp3) is 0.625. The largest absolute Gasteiger partial charge is 0.379 e. The van der Waals surface area contributed by atoms with Crippen molar-refractivity contribution in [2.75, 3.05) is 7.11 Å². The third-order valence-electron chi connectivity index (χ3n) is 4.25. The maximum Gasteiger partial charge on any atom is 0.184 e. The number of hydrogen-bond donors (Lipinski definition) is 0. The summed E-state index contributed by atoms with van der Waals surface area (Å²) >= 11 is 0. The Kier molecular flexibility index (Phi) is 4.08. The molecular weight excluding hydrogens is 256 g/mol. The molecule has 0 aromatic heterocycles. The van der Waals surface area contributed by atoms with Crippen LogP contribution >= 0.6 is 0 Å². The Labute approximate surface area is 120 Å². The highest BCUT2D eigenvalue weighted by Gasteiger charge is 2.48. The van der Waals surface area contributed by atoms with E-state index >= 15 is 0 Å². The fourth-order valence-electron chi connectivity index (χ4n) is 2.97. The van der Waals surface area contributed by atoms with Gasteiger partial charge in [-0.1, -0.05) is 24.3 Å². The molecule has 110 valence electrons. The molecule has 0 amide bonds. The van der Waals surface area contributed by atoms with E-state index in [0.29, 0.717) is 6.61 Å². The van der Waals surface area contributed by atoms with Crippen LogP contribution in [0, 0.1) is 6.92 Å². The molecule has 2 aliphatic rings. The Hall–Kier alpha value is -0.940. The average molecular weight is 278 g/mol. The average Bonchev–Trinajstić information content (AvgIpc) is 2.78. The third-order valence-corrected chi connectivity index (χ3v) is 4.25. The lowest BCUT2D eigenvalue weighted by atomic mass is 10.0. The zero-order valence-corrected chi connectivity index (χ0v) is 12.2. The summed E-state index contributed by atoms with van der Waals surface area (Å²) in [6, 6.07) is 8.26. The van der Waals surface area contributed by atoms with E-state index in [1.807, 2.05) is 19.1 Å². The molecule has 0 unspecified atom stereocenters. The fourth-order valence-corrected chi connectivity index (χ4v) is 2.97. The van der Waals surface area contributed by atoms with Gasteiger partial charge in [-0.25, -0.2) is 0 Å². The number of methoxy groups -OCH3 is 1. The Morgan fingerprint density at radius 1 is 1.20 bits per heavy atom. The summed E-state index contributed by atoms with van der Waals surface area (Å²) in [5.41, 5.74) is 2.45. The Morgan fingerprint density at radius 2 is 2.00 bits per heavy atom. The first kappa shape index (κ1) is 14.0. The Morgan fingerprint density at radius 3 is 2.75 bits per heavy atom. The molecule has 2 aliphatic heterocycles. The molecule has 0 N–H and O–H groups in total. The molecule has 0 spiro atoms. The van der Waals surface area contributed by atoms with E-state index in [1.165, 1.54) is 11.1 Å². The Balaban J connectivity index is 1.64. The van der Waals surface area contributed by atoms with Crippen molar-refractivity contribution in [1.29, 1.82) is 0 Å². The zero-order chi connectivity index (χ0) is 14.1. The van der Waals surface area contributed by atoms with Crippen molar-refractivity contribution in [3.63, 3.8) is 0 Å². The molecular formula is C16H22O4. The van der Waals surface area contributed by atoms with Crippen molar-refractivity contribution in [1.82, 2.24) is 0 Å². The molecule has 2 heterocycles. The van der Waals surface area contributed by atoms with Crippen molar-refractivity contribution in [3.05, 3.63) is 35.4 Å². The van der Waals surface area contributed by atoms with Crippen molar-refractivity contribution in [2.45, 2.75) is 57.6 Å². The molecule has 4 nitrogen and oxygen atoms in total. The number of fused-ring (bicyclic) bond motifs is 2. The summed E-state index contributed by atoms with van der Waals surface area (Å²) in [5.74, 6) is 0. The van der Waals surface area contributed by atoms with Gasteiger partial charge in [-0.15, -0.1) is 0 Å². The monoisotopic (exact) mass is 278 g/mol. The van der Waals surface area contributed by atoms with Gasteiger partial charge in [0.2, 0.25) is 0 Å². The van der Waals surface area contributed by atoms with E-state index in [-0.39, 0.29) is 30.7 Å². The van der Waals surface area contributed by atoms with Crippen LogP contribution in [0.1, 0.15) is 24.5 Å². The number of aryl methyl sites for hydroxylation is 1. The van der Waals surface area contributed by atoms with E-state index in [9.17, 15) is 0 Å². The van der Waals surface area contributed by atoms with Crippen LogP contribution in [0.15, 0.2) is 24.3 Å². The molecule has 1 aromatic rings. The molecule has 2 saturated heterocycles. The van der Waals surface area contributed by atoms with Crippen LogP contribution in [0.5, 0.6) is 0 Å². The van der Waals surface area contributed by atoms with Crippen molar-refractivity contribution in [3.8, 4) is 0 Å². The molecule has 2 fully saturated rings. The van der Waals surface area contributed by atoms with Gasteiger partial charge in [0.1, 0.15) is 12.2 Å². The lowest BCUT2D eigenvalue weighted by Crippen LogP contribution is -2.44. The smallest absolute Gasteiger partial charge is 0.184 e. The van der Waals surface area contributed by atoms with Gasteiger partial charge in [-0.05, 0) is 25.0 Å². The summed E-state index contributed by atoms with van der Waals surface area (Å²) in [5, 5.41) is 0. The van der Waals surface area contributed by atoms with Crippen LogP contribution in [0.25, 0.3) is 0 Å². The molecule has 1 aromatic carbocycles. The van der Waals surface area contributed by atoms with Crippen LogP contribution in [-0.4, -0.2) is 37.8 Å². The summed E-state index contributed by atoms with van der Waals surface area (Å²) in [4.78, 5) is 0. The van der Waals surface area contributed by atoms with Gasteiger partial charge in [0.15, 0.2) is 6.29 Å². The maximum atomic E-state index is 6.03. The van der Waals surface area contributed by atoms with E-state index in [4.69, 9.17) is 18.9 Å². The second kappa shape index (κ2) is 5.82. The molecule has 2 bridgehead atoms. The number of benzene rings is 1. The van der Waals surface area contributed by atoms with E-state index < -0.39 is 0 Å². The van der Waals surface area contributed by atoms with E-state index in [0.717, 1.165) is 6.42 Å². The summed E-state index contributed by atoms with van der Waals surface area (Å²) < 4.78 is 23.2. The van der Waals surface area contributed by atoms with Crippen LogP contribution in [0.4, 0.5) is 0 Å². The standard InChI is InChI=1S/C16H22O4/c1-10-6-4-5-7-12(10)9-18-14-8-13(17-3)15-11(2)19-16(14)20-15/h4-7,11,13-16H,8-9H2,1-3H3/t11-,13-,14+,15+,16+/m1/s1. The quantitative estimate of drug-likeness (QED) is 0.847.